The van der Waals surface area contributed by atoms with Crippen molar-refractivity contribution in [3.05, 3.63) is 48.9 Å². The maximum absolute atomic E-state index is 6.17. The third-order valence-corrected chi connectivity index (χ3v) is 4.28. The minimum absolute atomic E-state index is 0.0222. The van der Waals surface area contributed by atoms with Crippen LogP contribution in [0.25, 0.3) is 0 Å². The molecule has 5 heteroatoms. The van der Waals surface area contributed by atoms with Gasteiger partial charge in [0.05, 0.1) is 5.51 Å². The summed E-state index contributed by atoms with van der Waals surface area (Å²) in [6, 6.07) is 5.79. The average Bonchev–Trinajstić information content (AvgIpc) is 2.74. The molecule has 1 heterocycles. The van der Waals surface area contributed by atoms with Crippen molar-refractivity contribution in [3.8, 4) is 0 Å². The molecule has 2 nitrogen and oxygen atoms in total. The zero-order valence-electron chi connectivity index (χ0n) is 8.36. The lowest BCUT2D eigenvalue weighted by atomic mass is 10.0. The second-order valence-corrected chi connectivity index (χ2v) is 6.01. The molecule has 0 fully saturated rings. The molecule has 16 heavy (non-hydrogen) atoms. The van der Waals surface area contributed by atoms with Gasteiger partial charge in [-0.2, -0.15) is 0 Å². The largest absolute Gasteiger partial charge is 0.324 e. The zero-order valence-corrected chi connectivity index (χ0v) is 12.1. The molecular formula is C11H10ClIN2S. The predicted octanol–water partition coefficient (Wildman–Crippen LogP) is 3.64. The molecule has 2 rings (SSSR count). The first-order valence-electron chi connectivity index (χ1n) is 4.74. The molecule has 0 aliphatic heterocycles. The average molecular weight is 365 g/mol. The third kappa shape index (κ3) is 2.94. The maximum Gasteiger partial charge on any atom is 0.0794 e. The number of thiazole rings is 1. The van der Waals surface area contributed by atoms with E-state index in [0.717, 1.165) is 20.6 Å². The Morgan fingerprint density at radius 1 is 1.50 bits per heavy atom. The number of hydrogen-bond donors (Lipinski definition) is 1. The summed E-state index contributed by atoms with van der Waals surface area (Å²) in [4.78, 5) is 5.24. The van der Waals surface area contributed by atoms with E-state index in [9.17, 15) is 0 Å². The highest BCUT2D eigenvalue weighted by atomic mass is 127. The lowest BCUT2D eigenvalue weighted by Crippen LogP contribution is -2.14. The van der Waals surface area contributed by atoms with Gasteiger partial charge in [0.1, 0.15) is 0 Å². The van der Waals surface area contributed by atoms with Crippen molar-refractivity contribution in [1.82, 2.24) is 4.98 Å². The Morgan fingerprint density at radius 2 is 2.31 bits per heavy atom. The van der Waals surface area contributed by atoms with E-state index in [0.29, 0.717) is 0 Å². The van der Waals surface area contributed by atoms with Crippen molar-refractivity contribution < 1.29 is 0 Å². The Bertz CT molecular complexity index is 473. The standard InChI is InChI=1S/C11H10ClIN2S/c12-7-1-2-10(13)9(3-7)11(14)4-8-5-15-6-16-8/h1-3,5-6,11H,4,14H2. The highest BCUT2D eigenvalue weighted by Gasteiger charge is 2.12. The Labute approximate surface area is 117 Å². The Morgan fingerprint density at radius 3 is 3.00 bits per heavy atom. The van der Waals surface area contributed by atoms with E-state index in [1.165, 1.54) is 4.88 Å². The van der Waals surface area contributed by atoms with Crippen LogP contribution >= 0.6 is 45.5 Å². The van der Waals surface area contributed by atoms with Crippen LogP contribution in [0.15, 0.2) is 29.9 Å². The highest BCUT2D eigenvalue weighted by molar-refractivity contribution is 14.1. The van der Waals surface area contributed by atoms with E-state index in [-0.39, 0.29) is 6.04 Å². The van der Waals surface area contributed by atoms with Crippen molar-refractivity contribution in [1.29, 1.82) is 0 Å². The van der Waals surface area contributed by atoms with Crippen LogP contribution < -0.4 is 5.73 Å². The second-order valence-electron chi connectivity index (χ2n) is 3.44. The summed E-state index contributed by atoms with van der Waals surface area (Å²) in [6.45, 7) is 0. The normalized spacial score (nSPS) is 12.7. The van der Waals surface area contributed by atoms with Crippen molar-refractivity contribution in [2.75, 3.05) is 0 Å². The molecule has 1 aromatic carbocycles. The summed E-state index contributed by atoms with van der Waals surface area (Å²) in [5.41, 5.74) is 9.09. The molecule has 2 aromatic rings. The van der Waals surface area contributed by atoms with Gasteiger partial charge in [-0.3, -0.25) is 4.98 Å². The van der Waals surface area contributed by atoms with Crippen LogP contribution in [0.5, 0.6) is 0 Å². The molecule has 0 saturated carbocycles. The first-order chi connectivity index (χ1) is 7.66. The minimum Gasteiger partial charge on any atom is -0.324 e. The Kier molecular flexibility index (Phi) is 4.18. The van der Waals surface area contributed by atoms with Gasteiger partial charge in [0.25, 0.3) is 0 Å². The van der Waals surface area contributed by atoms with Gasteiger partial charge in [-0.05, 0) is 46.4 Å². The number of rotatable bonds is 3. The van der Waals surface area contributed by atoms with E-state index in [1.807, 2.05) is 29.9 Å². The van der Waals surface area contributed by atoms with Gasteiger partial charge in [-0.15, -0.1) is 11.3 Å². The molecule has 0 bridgehead atoms. The van der Waals surface area contributed by atoms with Crippen LogP contribution in [0, 0.1) is 3.57 Å². The predicted molar refractivity (Wildman–Crippen MR) is 76.9 cm³/mol. The molecule has 1 atom stereocenters. The number of hydrogen-bond acceptors (Lipinski definition) is 3. The summed E-state index contributed by atoms with van der Waals surface area (Å²) in [7, 11) is 0. The van der Waals surface area contributed by atoms with E-state index in [1.54, 1.807) is 11.3 Å². The highest BCUT2D eigenvalue weighted by Crippen LogP contribution is 2.25. The van der Waals surface area contributed by atoms with Crippen LogP contribution in [-0.4, -0.2) is 4.98 Å². The topological polar surface area (TPSA) is 38.9 Å². The Hall–Kier alpha value is -0.170. The van der Waals surface area contributed by atoms with Gasteiger partial charge in [-0.25, -0.2) is 0 Å². The van der Waals surface area contributed by atoms with Gasteiger partial charge >= 0.3 is 0 Å². The third-order valence-electron chi connectivity index (χ3n) is 2.26. The van der Waals surface area contributed by atoms with Gasteiger partial charge in [0, 0.05) is 32.1 Å². The van der Waals surface area contributed by atoms with Crippen molar-refractivity contribution >= 4 is 45.5 Å². The lowest BCUT2D eigenvalue weighted by molar-refractivity contribution is 0.725. The summed E-state index contributed by atoms with van der Waals surface area (Å²) >= 11 is 9.89. The van der Waals surface area contributed by atoms with E-state index < -0.39 is 0 Å². The molecule has 2 N–H and O–H groups in total. The first-order valence-corrected chi connectivity index (χ1v) is 7.08. The summed E-state index contributed by atoms with van der Waals surface area (Å²) in [6.07, 6.45) is 2.67. The number of halogens is 2. The van der Waals surface area contributed by atoms with E-state index in [2.05, 4.69) is 27.6 Å². The molecule has 1 aromatic heterocycles. The lowest BCUT2D eigenvalue weighted by Gasteiger charge is -2.13. The molecule has 0 aliphatic carbocycles. The van der Waals surface area contributed by atoms with Gasteiger partial charge in [0.2, 0.25) is 0 Å². The zero-order chi connectivity index (χ0) is 11.5. The number of nitrogens with two attached hydrogens (primary N) is 1. The van der Waals surface area contributed by atoms with Gasteiger partial charge < -0.3 is 5.73 Å². The molecule has 0 amide bonds. The van der Waals surface area contributed by atoms with Gasteiger partial charge in [0.15, 0.2) is 0 Å². The Balaban J connectivity index is 2.20. The van der Waals surface area contributed by atoms with Crippen molar-refractivity contribution in [2.45, 2.75) is 12.5 Å². The fraction of sp³-hybridized carbons (Fsp3) is 0.182. The van der Waals surface area contributed by atoms with Crippen LogP contribution in [0.1, 0.15) is 16.5 Å². The fourth-order valence-electron chi connectivity index (χ4n) is 1.47. The monoisotopic (exact) mass is 364 g/mol. The number of aromatic nitrogens is 1. The molecule has 0 saturated heterocycles. The van der Waals surface area contributed by atoms with Crippen LogP contribution in [0.4, 0.5) is 0 Å². The molecule has 0 radical (unpaired) electrons. The molecular weight excluding hydrogens is 355 g/mol. The number of nitrogens with zero attached hydrogens (tertiary/aromatic N) is 1. The van der Waals surface area contributed by atoms with Crippen LogP contribution in [0.3, 0.4) is 0 Å². The molecule has 1 unspecified atom stereocenters. The number of benzene rings is 1. The van der Waals surface area contributed by atoms with Crippen LogP contribution in [-0.2, 0) is 6.42 Å². The fourth-order valence-corrected chi connectivity index (χ4v) is 3.04. The van der Waals surface area contributed by atoms with Crippen molar-refractivity contribution in [3.63, 3.8) is 0 Å². The van der Waals surface area contributed by atoms with Gasteiger partial charge in [-0.1, -0.05) is 11.6 Å². The SMILES string of the molecule is NC(Cc1cncs1)c1cc(Cl)ccc1I. The van der Waals surface area contributed by atoms with E-state index >= 15 is 0 Å². The minimum atomic E-state index is -0.0222. The molecule has 0 spiro atoms. The summed E-state index contributed by atoms with van der Waals surface area (Å²) in [5.74, 6) is 0. The quantitative estimate of drug-likeness (QED) is 0.845. The van der Waals surface area contributed by atoms with Crippen LogP contribution in [0.2, 0.25) is 5.02 Å². The summed E-state index contributed by atoms with van der Waals surface area (Å²) in [5, 5.41) is 0.732. The summed E-state index contributed by atoms with van der Waals surface area (Å²) < 4.78 is 1.15. The molecule has 0 aliphatic rings. The smallest absolute Gasteiger partial charge is 0.0794 e. The maximum atomic E-state index is 6.17. The molecule has 84 valence electrons. The van der Waals surface area contributed by atoms with Crippen molar-refractivity contribution in [2.24, 2.45) is 5.73 Å². The van der Waals surface area contributed by atoms with E-state index in [4.69, 9.17) is 17.3 Å². The second kappa shape index (κ2) is 5.44. The first kappa shape index (κ1) is 12.3.